The molecule has 0 spiro atoms. The van der Waals surface area contributed by atoms with E-state index in [0.29, 0.717) is 11.7 Å². The Morgan fingerprint density at radius 2 is 1.80 bits per heavy atom. The van der Waals surface area contributed by atoms with E-state index >= 15 is 0 Å². The van der Waals surface area contributed by atoms with E-state index in [1.165, 1.54) is 0 Å². The summed E-state index contributed by atoms with van der Waals surface area (Å²) in [5.41, 5.74) is 2.61. The molecule has 2 atom stereocenters. The highest BCUT2D eigenvalue weighted by Gasteiger charge is 2.41. The molecule has 8 heteroatoms. The molecule has 1 saturated heterocycles. The molecular weight excluding hydrogens is 524 g/mol. The fraction of sp³-hybridized carbons (Fsp3) is 0.148. The Morgan fingerprint density at radius 1 is 1.03 bits per heavy atom. The maximum absolute atomic E-state index is 12.6. The number of halogens is 1. The summed E-state index contributed by atoms with van der Waals surface area (Å²) in [6.07, 6.45) is 2.05. The van der Waals surface area contributed by atoms with Gasteiger partial charge < -0.3 is 20.0 Å². The molecule has 2 aromatic carbocycles. The van der Waals surface area contributed by atoms with E-state index < -0.39 is 0 Å². The molecule has 0 radical (unpaired) electrons. The molecule has 1 fully saturated rings. The van der Waals surface area contributed by atoms with Gasteiger partial charge in [0.15, 0.2) is 5.11 Å². The molecule has 4 aromatic rings. The van der Waals surface area contributed by atoms with Gasteiger partial charge in [0.05, 0.1) is 11.7 Å². The third-order valence-corrected chi connectivity index (χ3v) is 6.76. The van der Waals surface area contributed by atoms with E-state index in [2.05, 4.69) is 31.5 Å². The molecule has 0 bridgehead atoms. The molecule has 1 aliphatic rings. The molecule has 0 aliphatic carbocycles. The SMILES string of the molecule is O=C(CCN1C(=S)N[C@@H](c2ccccn2)[C@H]1c1ccc(-c2ccc(Br)cc2)o1)Nc1ccccc1. The highest BCUT2D eigenvalue weighted by molar-refractivity contribution is 9.10. The van der Waals surface area contributed by atoms with Crippen molar-refractivity contribution in [3.63, 3.8) is 0 Å². The van der Waals surface area contributed by atoms with Crippen LogP contribution in [0.15, 0.2) is 100 Å². The normalized spacial score (nSPS) is 17.3. The predicted octanol–water partition coefficient (Wildman–Crippen LogP) is 6.11. The Bertz CT molecular complexity index is 1310. The second-order valence-electron chi connectivity index (χ2n) is 8.19. The second-order valence-corrected chi connectivity index (χ2v) is 9.50. The van der Waals surface area contributed by atoms with Crippen LogP contribution in [0.3, 0.4) is 0 Å². The molecule has 1 aliphatic heterocycles. The number of carbonyl (C=O) groups excluding carboxylic acids is 1. The van der Waals surface area contributed by atoms with Gasteiger partial charge >= 0.3 is 0 Å². The lowest BCUT2D eigenvalue weighted by molar-refractivity contribution is -0.116. The smallest absolute Gasteiger partial charge is 0.226 e. The van der Waals surface area contributed by atoms with Gasteiger partial charge in [-0.05, 0) is 60.7 Å². The van der Waals surface area contributed by atoms with Crippen molar-refractivity contribution in [2.75, 3.05) is 11.9 Å². The first-order valence-electron chi connectivity index (χ1n) is 11.3. The van der Waals surface area contributed by atoms with E-state index in [0.717, 1.165) is 32.9 Å². The number of nitrogens with one attached hydrogen (secondary N) is 2. The van der Waals surface area contributed by atoms with E-state index in [9.17, 15) is 4.79 Å². The number of aromatic nitrogens is 1. The summed E-state index contributed by atoms with van der Waals surface area (Å²) in [4.78, 5) is 19.2. The van der Waals surface area contributed by atoms with Gasteiger partial charge in [-0.2, -0.15) is 0 Å². The topological polar surface area (TPSA) is 70.4 Å². The summed E-state index contributed by atoms with van der Waals surface area (Å²) in [5, 5.41) is 6.90. The Balaban J connectivity index is 1.40. The number of rotatable bonds is 7. The Hall–Kier alpha value is -3.49. The van der Waals surface area contributed by atoms with Crippen molar-refractivity contribution in [1.29, 1.82) is 0 Å². The van der Waals surface area contributed by atoms with Gasteiger partial charge in [0, 0.05) is 34.9 Å². The third-order valence-electron chi connectivity index (χ3n) is 5.88. The molecule has 0 unspecified atom stereocenters. The first kappa shape index (κ1) is 23.3. The van der Waals surface area contributed by atoms with Crippen LogP contribution in [0.1, 0.15) is 30.0 Å². The van der Waals surface area contributed by atoms with Crippen LogP contribution in [-0.4, -0.2) is 27.4 Å². The molecule has 1 amide bonds. The highest BCUT2D eigenvalue weighted by Crippen LogP contribution is 2.40. The number of thiocarbonyl (C=S) groups is 1. The maximum Gasteiger partial charge on any atom is 0.226 e. The van der Waals surface area contributed by atoms with Crippen LogP contribution in [0, 0.1) is 0 Å². The molecule has 2 N–H and O–H groups in total. The number of amides is 1. The summed E-state index contributed by atoms with van der Waals surface area (Å²) in [6, 6.07) is 26.7. The number of pyridine rings is 1. The zero-order valence-electron chi connectivity index (χ0n) is 18.7. The van der Waals surface area contributed by atoms with Crippen molar-refractivity contribution in [2.45, 2.75) is 18.5 Å². The van der Waals surface area contributed by atoms with Crippen LogP contribution in [0.2, 0.25) is 0 Å². The standard InChI is InChI=1S/C27H23BrN4O2S/c28-19-11-9-18(10-12-19)22-13-14-23(34-22)26-25(21-8-4-5-16-29-21)31-27(35)32(26)17-15-24(33)30-20-6-2-1-3-7-20/h1-14,16,25-26H,15,17H2,(H,30,33)(H,31,35)/t25-,26+/m0/s1. The first-order valence-corrected chi connectivity index (χ1v) is 12.5. The number of carbonyl (C=O) groups is 1. The lowest BCUT2D eigenvalue weighted by atomic mass is 10.0. The van der Waals surface area contributed by atoms with Crippen molar-refractivity contribution < 1.29 is 9.21 Å². The summed E-state index contributed by atoms with van der Waals surface area (Å²) < 4.78 is 7.35. The van der Waals surface area contributed by atoms with Crippen molar-refractivity contribution in [1.82, 2.24) is 15.2 Å². The van der Waals surface area contributed by atoms with Crippen molar-refractivity contribution >= 4 is 44.9 Å². The average molecular weight is 547 g/mol. The summed E-state index contributed by atoms with van der Waals surface area (Å²) in [5.74, 6) is 1.45. The van der Waals surface area contributed by atoms with Crippen molar-refractivity contribution in [3.8, 4) is 11.3 Å². The van der Waals surface area contributed by atoms with Gasteiger partial charge in [-0.1, -0.05) is 52.3 Å². The molecule has 176 valence electrons. The lowest BCUT2D eigenvalue weighted by Crippen LogP contribution is -2.32. The summed E-state index contributed by atoms with van der Waals surface area (Å²) in [7, 11) is 0. The molecule has 35 heavy (non-hydrogen) atoms. The number of hydrogen-bond donors (Lipinski definition) is 2. The molecule has 2 aromatic heterocycles. The van der Waals surface area contributed by atoms with Crippen LogP contribution in [0.25, 0.3) is 11.3 Å². The van der Waals surface area contributed by atoms with Gasteiger partial charge in [-0.15, -0.1) is 0 Å². The quantitative estimate of drug-likeness (QED) is 0.273. The monoisotopic (exact) mass is 546 g/mol. The van der Waals surface area contributed by atoms with E-state index in [1.54, 1.807) is 6.20 Å². The number of anilines is 1. The van der Waals surface area contributed by atoms with Gasteiger partial charge in [0.25, 0.3) is 0 Å². The average Bonchev–Trinajstić information content (AvgIpc) is 3.49. The van der Waals surface area contributed by atoms with E-state index in [-0.39, 0.29) is 24.4 Å². The predicted molar refractivity (Wildman–Crippen MR) is 144 cm³/mol. The molecule has 3 heterocycles. The zero-order chi connectivity index (χ0) is 24.2. The van der Waals surface area contributed by atoms with Crippen molar-refractivity contribution in [2.24, 2.45) is 0 Å². The number of furan rings is 1. The van der Waals surface area contributed by atoms with Gasteiger partial charge in [-0.25, -0.2) is 0 Å². The first-order chi connectivity index (χ1) is 17.1. The fourth-order valence-electron chi connectivity index (χ4n) is 4.20. The van der Waals surface area contributed by atoms with Crippen molar-refractivity contribution in [3.05, 3.63) is 107 Å². The Labute approximate surface area is 217 Å². The van der Waals surface area contributed by atoms with Crippen LogP contribution in [0.5, 0.6) is 0 Å². The summed E-state index contributed by atoms with van der Waals surface area (Å²) in [6.45, 7) is 0.437. The molecular formula is C27H23BrN4O2S. The van der Waals surface area contributed by atoms with Gasteiger partial charge in [0.1, 0.15) is 17.6 Å². The molecule has 0 saturated carbocycles. The number of nitrogens with zero attached hydrogens (tertiary/aromatic N) is 2. The van der Waals surface area contributed by atoms with Crippen LogP contribution < -0.4 is 10.6 Å². The molecule has 6 nitrogen and oxygen atoms in total. The van der Waals surface area contributed by atoms with Gasteiger partial charge in [-0.3, -0.25) is 9.78 Å². The third kappa shape index (κ3) is 5.28. The number of para-hydroxylation sites is 1. The van der Waals surface area contributed by atoms with Crippen LogP contribution in [0.4, 0.5) is 5.69 Å². The Kier molecular flexibility index (Phi) is 6.92. The van der Waals surface area contributed by atoms with E-state index in [1.807, 2.05) is 89.8 Å². The Morgan fingerprint density at radius 3 is 2.54 bits per heavy atom. The molecule has 5 rings (SSSR count). The van der Waals surface area contributed by atoms with E-state index in [4.69, 9.17) is 16.6 Å². The second kappa shape index (κ2) is 10.4. The minimum atomic E-state index is -0.244. The lowest BCUT2D eigenvalue weighted by Gasteiger charge is -2.25. The van der Waals surface area contributed by atoms with Gasteiger partial charge in [0.2, 0.25) is 5.91 Å². The number of benzene rings is 2. The van der Waals surface area contributed by atoms with Crippen LogP contribution in [-0.2, 0) is 4.79 Å². The fourth-order valence-corrected chi connectivity index (χ4v) is 4.80. The summed E-state index contributed by atoms with van der Waals surface area (Å²) >= 11 is 9.17. The minimum absolute atomic E-state index is 0.0750. The highest BCUT2D eigenvalue weighted by atomic mass is 79.9. The minimum Gasteiger partial charge on any atom is -0.459 e. The van der Waals surface area contributed by atoms with Crippen LogP contribution >= 0.6 is 28.1 Å². The maximum atomic E-state index is 12.6. The largest absolute Gasteiger partial charge is 0.459 e. The number of hydrogen-bond acceptors (Lipinski definition) is 4. The zero-order valence-corrected chi connectivity index (χ0v) is 21.1.